The lowest BCUT2D eigenvalue weighted by molar-refractivity contribution is 0.244. The highest BCUT2D eigenvalue weighted by Crippen LogP contribution is 2.31. The molecule has 0 fully saturated rings. The van der Waals surface area contributed by atoms with E-state index in [1.807, 2.05) is 37.3 Å². The van der Waals surface area contributed by atoms with Gasteiger partial charge in [-0.15, -0.1) is 0 Å². The van der Waals surface area contributed by atoms with Crippen LogP contribution in [0.15, 0.2) is 59.5 Å². The van der Waals surface area contributed by atoms with Crippen molar-refractivity contribution in [2.45, 2.75) is 23.5 Å². The van der Waals surface area contributed by atoms with Gasteiger partial charge in [0.25, 0.3) is 10.1 Å². The third-order valence-electron chi connectivity index (χ3n) is 3.87. The van der Waals surface area contributed by atoms with Crippen LogP contribution in [0.25, 0.3) is 0 Å². The Labute approximate surface area is 149 Å². The molecular weight excluding hydrogens is 342 g/mol. The van der Waals surface area contributed by atoms with Gasteiger partial charge >= 0.3 is 0 Å². The highest BCUT2D eigenvalue weighted by Gasteiger charge is 2.23. The van der Waals surface area contributed by atoms with Gasteiger partial charge in [0.15, 0.2) is 0 Å². The van der Waals surface area contributed by atoms with Gasteiger partial charge in [0.1, 0.15) is 0 Å². The van der Waals surface area contributed by atoms with E-state index in [-0.39, 0.29) is 22.7 Å². The molecule has 0 aliphatic rings. The van der Waals surface area contributed by atoms with Gasteiger partial charge in [0, 0.05) is 11.2 Å². The van der Waals surface area contributed by atoms with E-state index in [1.54, 1.807) is 24.3 Å². The van der Waals surface area contributed by atoms with Crippen molar-refractivity contribution in [1.29, 1.82) is 0 Å². The molecule has 0 heterocycles. The number of rotatable bonds is 8. The van der Waals surface area contributed by atoms with Crippen LogP contribution in [-0.2, 0) is 14.3 Å². The van der Waals surface area contributed by atoms with Crippen LogP contribution in [-0.4, -0.2) is 21.6 Å². The van der Waals surface area contributed by atoms with E-state index in [0.717, 1.165) is 11.1 Å². The summed E-state index contributed by atoms with van der Waals surface area (Å²) in [5, 5.41) is -0.136. The number of thiol groups is 1. The van der Waals surface area contributed by atoms with Crippen molar-refractivity contribution in [3.63, 3.8) is 0 Å². The first-order valence-electron chi connectivity index (χ1n) is 7.83. The van der Waals surface area contributed by atoms with Gasteiger partial charge in [-0.3, -0.25) is 4.18 Å². The Bertz CT molecular complexity index is 731. The van der Waals surface area contributed by atoms with Crippen LogP contribution < -0.4 is 5.73 Å². The monoisotopic (exact) mass is 365 g/mol. The Balaban J connectivity index is 2.09. The lowest BCUT2D eigenvalue weighted by atomic mass is 9.96. The Morgan fingerprint density at radius 2 is 1.71 bits per heavy atom. The van der Waals surface area contributed by atoms with Crippen molar-refractivity contribution in [3.05, 3.63) is 65.7 Å². The summed E-state index contributed by atoms with van der Waals surface area (Å²) in [5.74, 6) is -0.0963. The molecule has 4 nitrogen and oxygen atoms in total. The van der Waals surface area contributed by atoms with E-state index in [2.05, 4.69) is 12.6 Å². The molecule has 2 N–H and O–H groups in total. The van der Waals surface area contributed by atoms with E-state index in [9.17, 15) is 8.42 Å². The summed E-state index contributed by atoms with van der Waals surface area (Å²) in [6.45, 7) is 2.40. The minimum Gasteiger partial charge on any atom is -0.330 e. The van der Waals surface area contributed by atoms with E-state index in [4.69, 9.17) is 9.92 Å². The van der Waals surface area contributed by atoms with Gasteiger partial charge in [-0.05, 0) is 37.6 Å². The van der Waals surface area contributed by atoms with Crippen molar-refractivity contribution in [2.24, 2.45) is 11.7 Å². The summed E-state index contributed by atoms with van der Waals surface area (Å²) >= 11 is 4.65. The molecule has 6 heteroatoms. The van der Waals surface area contributed by atoms with Gasteiger partial charge in [-0.1, -0.05) is 48.0 Å². The Hall–Kier alpha value is -1.34. The zero-order valence-corrected chi connectivity index (χ0v) is 15.3. The summed E-state index contributed by atoms with van der Waals surface area (Å²) in [6.07, 6.45) is 0.631. The minimum absolute atomic E-state index is 0.0521. The topological polar surface area (TPSA) is 69.4 Å². The number of hydrogen-bond donors (Lipinski definition) is 2. The molecule has 0 amide bonds. The average Bonchev–Trinajstić information content (AvgIpc) is 2.59. The average molecular weight is 366 g/mol. The SMILES string of the molecule is Cc1ccc(S(=O)(=O)OC[C@H](CCN)C(S)c2ccccc2)cc1. The van der Waals surface area contributed by atoms with Crippen molar-refractivity contribution >= 4 is 22.7 Å². The summed E-state index contributed by atoms with van der Waals surface area (Å²) < 4.78 is 29.9. The smallest absolute Gasteiger partial charge is 0.296 e. The second-order valence-corrected chi connectivity index (χ2v) is 7.92. The number of hydrogen-bond acceptors (Lipinski definition) is 5. The molecule has 24 heavy (non-hydrogen) atoms. The van der Waals surface area contributed by atoms with Gasteiger partial charge in [-0.2, -0.15) is 21.0 Å². The zero-order valence-electron chi connectivity index (χ0n) is 13.6. The Morgan fingerprint density at radius 1 is 1.08 bits per heavy atom. The molecule has 2 aromatic carbocycles. The molecule has 0 saturated carbocycles. The predicted octanol–water partition coefficient (Wildman–Crippen LogP) is 3.34. The van der Waals surface area contributed by atoms with Crippen molar-refractivity contribution < 1.29 is 12.6 Å². The summed E-state index contributed by atoms with van der Waals surface area (Å²) in [6, 6.07) is 16.3. The molecular formula is C18H23NO3S2. The van der Waals surface area contributed by atoms with Gasteiger partial charge in [0.05, 0.1) is 11.5 Å². The van der Waals surface area contributed by atoms with Crippen molar-refractivity contribution in [2.75, 3.05) is 13.2 Å². The molecule has 2 aromatic rings. The Morgan fingerprint density at radius 3 is 2.29 bits per heavy atom. The molecule has 0 bridgehead atoms. The fourth-order valence-corrected chi connectivity index (χ4v) is 3.79. The third kappa shape index (κ3) is 5.08. The van der Waals surface area contributed by atoms with Gasteiger partial charge in [-0.25, -0.2) is 0 Å². The maximum Gasteiger partial charge on any atom is 0.296 e. The van der Waals surface area contributed by atoms with Crippen molar-refractivity contribution in [1.82, 2.24) is 0 Å². The number of aryl methyl sites for hydroxylation is 1. The van der Waals surface area contributed by atoms with Crippen LogP contribution in [0.3, 0.4) is 0 Å². The number of benzene rings is 2. The van der Waals surface area contributed by atoms with Crippen LogP contribution in [0.5, 0.6) is 0 Å². The maximum atomic E-state index is 12.3. The van der Waals surface area contributed by atoms with Crippen LogP contribution >= 0.6 is 12.6 Å². The van der Waals surface area contributed by atoms with Crippen LogP contribution in [0, 0.1) is 12.8 Å². The first-order valence-corrected chi connectivity index (χ1v) is 9.75. The number of nitrogens with two attached hydrogens (primary N) is 1. The van der Waals surface area contributed by atoms with Crippen LogP contribution in [0.4, 0.5) is 0 Å². The normalized spacial score (nSPS) is 14.3. The lowest BCUT2D eigenvalue weighted by Gasteiger charge is -2.23. The molecule has 1 unspecified atom stereocenters. The molecule has 0 spiro atoms. The van der Waals surface area contributed by atoms with Gasteiger partial charge < -0.3 is 5.73 Å². The second kappa shape index (κ2) is 8.67. The quantitative estimate of drug-likeness (QED) is 0.556. The van der Waals surface area contributed by atoms with E-state index < -0.39 is 10.1 Å². The molecule has 2 rings (SSSR count). The largest absolute Gasteiger partial charge is 0.330 e. The summed E-state index contributed by atoms with van der Waals surface area (Å²) in [5.41, 5.74) is 7.69. The molecule has 130 valence electrons. The molecule has 0 aliphatic heterocycles. The highest BCUT2D eigenvalue weighted by atomic mass is 32.2. The van der Waals surface area contributed by atoms with E-state index >= 15 is 0 Å². The molecule has 0 radical (unpaired) electrons. The minimum atomic E-state index is -3.78. The second-order valence-electron chi connectivity index (χ2n) is 5.74. The summed E-state index contributed by atoms with van der Waals surface area (Å²) in [7, 11) is -3.78. The highest BCUT2D eigenvalue weighted by molar-refractivity contribution is 7.86. The zero-order chi connectivity index (χ0) is 17.6. The third-order valence-corrected chi connectivity index (χ3v) is 5.89. The predicted molar refractivity (Wildman–Crippen MR) is 99.6 cm³/mol. The molecule has 2 atom stereocenters. The van der Waals surface area contributed by atoms with E-state index in [1.165, 1.54) is 0 Å². The molecule has 0 saturated heterocycles. The standard InChI is InChI=1S/C18H23NO3S2/c1-14-7-9-17(10-8-14)24(20,21)22-13-16(11-12-19)18(23)15-5-3-2-4-6-15/h2-10,16,18,23H,11-13,19H2,1H3/t16-,18?/m0/s1. The molecule has 0 aromatic heterocycles. The van der Waals surface area contributed by atoms with Crippen LogP contribution in [0.1, 0.15) is 22.8 Å². The van der Waals surface area contributed by atoms with Crippen LogP contribution in [0.2, 0.25) is 0 Å². The first-order chi connectivity index (χ1) is 11.4. The van der Waals surface area contributed by atoms with Gasteiger partial charge in [0.2, 0.25) is 0 Å². The molecule has 0 aliphatic carbocycles. The first kappa shape index (κ1) is 19.0. The maximum absolute atomic E-state index is 12.3. The lowest BCUT2D eigenvalue weighted by Crippen LogP contribution is -2.21. The van der Waals surface area contributed by atoms with Crippen molar-refractivity contribution in [3.8, 4) is 0 Å². The fraction of sp³-hybridized carbons (Fsp3) is 0.333. The fourth-order valence-electron chi connectivity index (χ4n) is 2.42. The Kier molecular flexibility index (Phi) is 6.86. The summed E-state index contributed by atoms with van der Waals surface area (Å²) in [4.78, 5) is 0.162. The van der Waals surface area contributed by atoms with E-state index in [0.29, 0.717) is 13.0 Å².